The van der Waals surface area contributed by atoms with E-state index in [1.54, 1.807) is 4.68 Å². The van der Waals surface area contributed by atoms with Gasteiger partial charge in [-0.15, -0.1) is 0 Å². The molecule has 2 aromatic carbocycles. The van der Waals surface area contributed by atoms with E-state index in [0.717, 1.165) is 27.9 Å². The summed E-state index contributed by atoms with van der Waals surface area (Å²) in [6.45, 7) is 4.01. The lowest BCUT2D eigenvalue weighted by molar-refractivity contribution is -0.140. The lowest BCUT2D eigenvalue weighted by Gasteiger charge is -2.28. The fourth-order valence-corrected chi connectivity index (χ4v) is 5.11. The van der Waals surface area contributed by atoms with Crippen LogP contribution in [0, 0.1) is 12.3 Å². The zero-order valence-corrected chi connectivity index (χ0v) is 21.0. The minimum absolute atomic E-state index is 0.114. The molecular formula is C29H28ClN3O3. The normalized spacial score (nSPS) is 19.8. The van der Waals surface area contributed by atoms with E-state index in [9.17, 15) is 14.7 Å². The molecule has 1 fully saturated rings. The predicted molar refractivity (Wildman–Crippen MR) is 142 cm³/mol. The number of nitrogens with one attached hydrogen (secondary N) is 1. The van der Waals surface area contributed by atoms with Crippen molar-refractivity contribution in [3.8, 4) is 16.8 Å². The van der Waals surface area contributed by atoms with Gasteiger partial charge >= 0.3 is 5.97 Å². The second-order valence-corrected chi connectivity index (χ2v) is 10.1. The molecule has 7 heteroatoms. The molecule has 1 saturated carbocycles. The molecule has 184 valence electrons. The summed E-state index contributed by atoms with van der Waals surface area (Å²) in [6, 6.07) is 13.8. The molecule has 1 amide bonds. The number of anilines is 1. The summed E-state index contributed by atoms with van der Waals surface area (Å²) in [5.74, 6) is -0.425. The zero-order chi connectivity index (χ0) is 25.5. The van der Waals surface area contributed by atoms with Gasteiger partial charge in [0.1, 0.15) is 5.02 Å². The number of amides is 1. The van der Waals surface area contributed by atoms with Gasteiger partial charge in [0.15, 0.2) is 5.82 Å². The number of halogens is 1. The van der Waals surface area contributed by atoms with Crippen molar-refractivity contribution in [1.82, 2.24) is 9.78 Å². The molecule has 1 aromatic heterocycles. The predicted octanol–water partition coefficient (Wildman–Crippen LogP) is 6.47. The van der Waals surface area contributed by atoms with Crippen molar-refractivity contribution >= 4 is 29.3 Å². The van der Waals surface area contributed by atoms with Gasteiger partial charge in [-0.05, 0) is 67.0 Å². The van der Waals surface area contributed by atoms with Crippen LogP contribution >= 0.6 is 11.6 Å². The minimum atomic E-state index is -0.749. The van der Waals surface area contributed by atoms with Crippen molar-refractivity contribution in [2.75, 3.05) is 5.32 Å². The average Bonchev–Trinajstić information content (AvgIpc) is 3.64. The molecule has 6 nitrogen and oxygen atoms in total. The van der Waals surface area contributed by atoms with E-state index in [2.05, 4.69) is 10.4 Å². The molecule has 0 bridgehead atoms. The van der Waals surface area contributed by atoms with Crippen LogP contribution in [0.2, 0.25) is 5.02 Å². The Morgan fingerprint density at radius 2 is 1.89 bits per heavy atom. The number of aliphatic carboxylic acids is 1. The molecule has 2 N–H and O–H groups in total. The van der Waals surface area contributed by atoms with Gasteiger partial charge in [-0.3, -0.25) is 9.59 Å². The number of aryl methyl sites for hydroxylation is 1. The van der Waals surface area contributed by atoms with Gasteiger partial charge in [0.2, 0.25) is 5.91 Å². The first-order valence-corrected chi connectivity index (χ1v) is 12.5. The number of allylic oxidation sites excluding steroid dienone is 3. The van der Waals surface area contributed by atoms with Crippen molar-refractivity contribution in [3.05, 3.63) is 89.1 Å². The highest BCUT2D eigenvalue weighted by molar-refractivity contribution is 6.33. The zero-order valence-electron chi connectivity index (χ0n) is 20.3. The number of carbonyl (C=O) groups excluding carboxylic acids is 1. The van der Waals surface area contributed by atoms with Crippen LogP contribution in [0.3, 0.4) is 0 Å². The van der Waals surface area contributed by atoms with Crippen LogP contribution in [0.1, 0.15) is 43.7 Å². The van der Waals surface area contributed by atoms with Crippen molar-refractivity contribution in [2.24, 2.45) is 5.41 Å². The van der Waals surface area contributed by atoms with E-state index in [4.69, 9.17) is 11.6 Å². The lowest BCUT2D eigenvalue weighted by Crippen LogP contribution is -2.35. The number of aromatic nitrogens is 2. The first-order valence-electron chi connectivity index (χ1n) is 12.1. The quantitative estimate of drug-likeness (QED) is 0.388. The molecule has 36 heavy (non-hydrogen) atoms. The molecule has 1 heterocycles. The number of hydrogen-bond donors (Lipinski definition) is 2. The SMILES string of the molecule is CC[C@]1(C(=O)Nc2c(Cl)cnn2-c2ccc(-c3ccc(C4(C(=O)O)CC4)cc3C)cc2)C=CC=CC1. The van der Waals surface area contributed by atoms with E-state index in [0.29, 0.717) is 36.5 Å². The number of hydrogen-bond acceptors (Lipinski definition) is 3. The van der Waals surface area contributed by atoms with Crippen LogP contribution in [0.15, 0.2) is 73.0 Å². The van der Waals surface area contributed by atoms with Gasteiger partial charge in [0, 0.05) is 0 Å². The number of rotatable bonds is 7. The molecule has 2 aliphatic carbocycles. The maximum Gasteiger partial charge on any atom is 0.314 e. The number of carbonyl (C=O) groups is 2. The van der Waals surface area contributed by atoms with Gasteiger partial charge in [0.25, 0.3) is 0 Å². The maximum absolute atomic E-state index is 13.2. The fourth-order valence-electron chi connectivity index (χ4n) is 4.94. The molecular weight excluding hydrogens is 474 g/mol. The fraction of sp³-hybridized carbons (Fsp3) is 0.276. The monoisotopic (exact) mass is 501 g/mol. The molecule has 2 aliphatic rings. The number of carboxylic acids is 1. The summed E-state index contributed by atoms with van der Waals surface area (Å²) in [5.41, 5.74) is 3.39. The maximum atomic E-state index is 13.2. The Morgan fingerprint density at radius 1 is 1.14 bits per heavy atom. The number of benzene rings is 2. The van der Waals surface area contributed by atoms with Gasteiger partial charge in [-0.2, -0.15) is 5.10 Å². The first-order chi connectivity index (χ1) is 17.3. The van der Waals surface area contributed by atoms with Crippen molar-refractivity contribution < 1.29 is 14.7 Å². The summed E-state index contributed by atoms with van der Waals surface area (Å²) in [6.07, 6.45) is 12.0. The second-order valence-electron chi connectivity index (χ2n) is 9.67. The van der Waals surface area contributed by atoms with Gasteiger partial charge in [-0.1, -0.05) is 73.2 Å². The number of nitrogens with zero attached hydrogens (tertiary/aromatic N) is 2. The van der Waals surface area contributed by atoms with Crippen LogP contribution in [0.5, 0.6) is 0 Å². The molecule has 1 atom stereocenters. The minimum Gasteiger partial charge on any atom is -0.481 e. The first kappa shape index (κ1) is 24.1. The Hall–Kier alpha value is -3.64. The molecule has 0 unspecified atom stereocenters. The van der Waals surface area contributed by atoms with Crippen LogP contribution in [0.4, 0.5) is 5.82 Å². The second kappa shape index (κ2) is 9.10. The summed E-state index contributed by atoms with van der Waals surface area (Å²) in [4.78, 5) is 24.9. The third kappa shape index (κ3) is 4.05. The van der Waals surface area contributed by atoms with Crippen LogP contribution in [0.25, 0.3) is 16.8 Å². The van der Waals surface area contributed by atoms with Crippen molar-refractivity contribution in [1.29, 1.82) is 0 Å². The molecule has 0 radical (unpaired) electrons. The highest BCUT2D eigenvalue weighted by atomic mass is 35.5. The molecule has 0 aliphatic heterocycles. The highest BCUT2D eigenvalue weighted by Crippen LogP contribution is 2.49. The van der Waals surface area contributed by atoms with Crippen LogP contribution < -0.4 is 5.32 Å². The third-order valence-corrected chi connectivity index (χ3v) is 7.82. The Balaban J connectivity index is 1.40. The Bertz CT molecular complexity index is 1400. The van der Waals surface area contributed by atoms with Crippen molar-refractivity contribution in [2.45, 2.75) is 44.9 Å². The highest BCUT2D eigenvalue weighted by Gasteiger charge is 2.51. The Kier molecular flexibility index (Phi) is 6.08. The summed E-state index contributed by atoms with van der Waals surface area (Å²) in [7, 11) is 0. The lowest BCUT2D eigenvalue weighted by atomic mass is 9.78. The molecule has 0 spiro atoms. The van der Waals surface area contributed by atoms with E-state index in [1.807, 2.05) is 80.6 Å². The van der Waals surface area contributed by atoms with Crippen LogP contribution in [-0.2, 0) is 15.0 Å². The smallest absolute Gasteiger partial charge is 0.314 e. The van der Waals surface area contributed by atoms with E-state index in [1.165, 1.54) is 6.20 Å². The van der Waals surface area contributed by atoms with E-state index < -0.39 is 16.8 Å². The van der Waals surface area contributed by atoms with Gasteiger partial charge < -0.3 is 10.4 Å². The van der Waals surface area contributed by atoms with Crippen molar-refractivity contribution in [3.63, 3.8) is 0 Å². The van der Waals surface area contributed by atoms with Crippen LogP contribution in [-0.4, -0.2) is 26.8 Å². The standard InChI is InChI=1S/C29H28ClN3O3/c1-3-28(13-5-4-6-14-28)26(34)32-25-24(30)18-31-33(25)22-10-7-20(8-11-22)23-12-9-21(17-19(23)2)29(15-16-29)27(35)36/h4-13,17-18H,3,14-16H2,1-2H3,(H,32,34)(H,35,36)/t28-/m0/s1. The largest absolute Gasteiger partial charge is 0.481 e. The van der Waals surface area contributed by atoms with Gasteiger partial charge in [0.05, 0.1) is 22.7 Å². The molecule has 5 rings (SSSR count). The molecule has 3 aromatic rings. The Labute approximate surface area is 215 Å². The van der Waals surface area contributed by atoms with Gasteiger partial charge in [-0.25, -0.2) is 4.68 Å². The Morgan fingerprint density at radius 3 is 2.47 bits per heavy atom. The number of carboxylic acid groups (broad SMARTS) is 1. The van der Waals surface area contributed by atoms with E-state index in [-0.39, 0.29) is 5.91 Å². The third-order valence-electron chi connectivity index (χ3n) is 7.55. The topological polar surface area (TPSA) is 84.2 Å². The summed E-state index contributed by atoms with van der Waals surface area (Å²) >= 11 is 6.42. The summed E-state index contributed by atoms with van der Waals surface area (Å²) < 4.78 is 1.63. The molecule has 0 saturated heterocycles. The summed E-state index contributed by atoms with van der Waals surface area (Å²) in [5, 5.41) is 17.4. The average molecular weight is 502 g/mol. The van der Waals surface area contributed by atoms with E-state index >= 15 is 0 Å².